The van der Waals surface area contributed by atoms with Crippen LogP contribution in [0.5, 0.6) is 5.75 Å². The fourth-order valence-electron chi connectivity index (χ4n) is 2.18. The van der Waals surface area contributed by atoms with Gasteiger partial charge in [0.1, 0.15) is 6.33 Å². The number of rotatable bonds is 5. The summed E-state index contributed by atoms with van der Waals surface area (Å²) in [5, 5.41) is 3.65. The minimum Gasteiger partial charge on any atom is -0.493 e. The Morgan fingerprint density at radius 2 is 2.14 bits per heavy atom. The number of nitrogens with one attached hydrogen (secondary N) is 1. The van der Waals surface area contributed by atoms with Gasteiger partial charge in [-0.25, -0.2) is 9.97 Å². The second-order valence-corrected chi connectivity index (χ2v) is 4.74. The summed E-state index contributed by atoms with van der Waals surface area (Å²) in [7, 11) is 1.57. The first-order valence-electron chi connectivity index (χ1n) is 6.86. The van der Waals surface area contributed by atoms with Crippen molar-refractivity contribution < 1.29 is 13.9 Å². The van der Waals surface area contributed by atoms with Crippen LogP contribution in [-0.2, 0) is 6.42 Å². The molecule has 1 N–H and O–H groups in total. The average molecular weight is 297 g/mol. The molecule has 1 amide bonds. The zero-order chi connectivity index (χ0) is 15.4. The lowest BCUT2D eigenvalue weighted by Gasteiger charge is -2.02. The maximum atomic E-state index is 12.1. The highest BCUT2D eigenvalue weighted by molar-refractivity contribution is 5.97. The van der Waals surface area contributed by atoms with Crippen molar-refractivity contribution >= 4 is 16.9 Å². The van der Waals surface area contributed by atoms with E-state index in [2.05, 4.69) is 15.3 Å². The normalized spacial score (nSPS) is 10.6. The van der Waals surface area contributed by atoms with Crippen LogP contribution in [0.2, 0.25) is 0 Å². The zero-order valence-electron chi connectivity index (χ0n) is 12.1. The molecule has 0 aliphatic heterocycles. The largest absolute Gasteiger partial charge is 0.493 e. The van der Waals surface area contributed by atoms with Crippen LogP contribution in [-0.4, -0.2) is 29.5 Å². The number of ether oxygens (including phenoxy) is 1. The van der Waals surface area contributed by atoms with Gasteiger partial charge in [0, 0.05) is 24.3 Å². The number of para-hydroxylation sites is 1. The fourth-order valence-corrected chi connectivity index (χ4v) is 2.18. The van der Waals surface area contributed by atoms with E-state index in [-0.39, 0.29) is 11.7 Å². The van der Waals surface area contributed by atoms with Crippen LogP contribution in [0.4, 0.5) is 0 Å². The molecule has 0 fully saturated rings. The molecule has 3 rings (SSSR count). The molecule has 22 heavy (non-hydrogen) atoms. The lowest BCUT2D eigenvalue weighted by Crippen LogP contribution is -2.25. The number of fused-ring (bicyclic) bond motifs is 1. The number of hydrogen-bond acceptors (Lipinski definition) is 5. The maximum absolute atomic E-state index is 12.1. The van der Waals surface area contributed by atoms with Gasteiger partial charge in [0.05, 0.1) is 7.11 Å². The van der Waals surface area contributed by atoms with Crippen LogP contribution in [0.15, 0.2) is 47.4 Å². The molecule has 0 atom stereocenters. The minimum absolute atomic E-state index is 0.255. The fraction of sp³-hybridized carbons (Fsp3) is 0.188. The molecule has 0 saturated heterocycles. The van der Waals surface area contributed by atoms with Gasteiger partial charge in [-0.1, -0.05) is 12.1 Å². The quantitative estimate of drug-likeness (QED) is 0.781. The highest BCUT2D eigenvalue weighted by Gasteiger charge is 2.14. The van der Waals surface area contributed by atoms with E-state index in [1.807, 2.05) is 12.1 Å². The van der Waals surface area contributed by atoms with E-state index in [1.54, 1.807) is 31.6 Å². The summed E-state index contributed by atoms with van der Waals surface area (Å²) in [4.78, 5) is 20.0. The van der Waals surface area contributed by atoms with Crippen molar-refractivity contribution in [2.24, 2.45) is 0 Å². The average Bonchev–Trinajstić information content (AvgIpc) is 3.00. The number of carbonyl (C=O) groups is 1. The number of carbonyl (C=O) groups excluding carboxylic acids is 1. The Morgan fingerprint density at radius 1 is 1.32 bits per heavy atom. The number of hydrogen-bond donors (Lipinski definition) is 1. The summed E-state index contributed by atoms with van der Waals surface area (Å²) >= 11 is 0. The summed E-state index contributed by atoms with van der Waals surface area (Å²) in [6.07, 6.45) is 5.59. The van der Waals surface area contributed by atoms with Crippen LogP contribution in [0.25, 0.3) is 11.0 Å². The van der Waals surface area contributed by atoms with Gasteiger partial charge in [0.15, 0.2) is 17.1 Å². The third kappa shape index (κ3) is 2.90. The molecule has 0 aliphatic carbocycles. The summed E-state index contributed by atoms with van der Waals surface area (Å²) in [6, 6.07) is 7.23. The molecule has 3 aromatic rings. The van der Waals surface area contributed by atoms with E-state index in [1.165, 1.54) is 6.33 Å². The number of aromatic nitrogens is 2. The lowest BCUT2D eigenvalue weighted by atomic mass is 10.2. The third-order valence-corrected chi connectivity index (χ3v) is 3.26. The number of benzene rings is 1. The SMILES string of the molecule is COc1cccc2cc(C(=O)NCCc3cncnc3)oc12. The molecule has 0 spiro atoms. The van der Waals surface area contributed by atoms with Crippen LogP contribution in [0.1, 0.15) is 16.1 Å². The molecule has 0 unspecified atom stereocenters. The summed E-state index contributed by atoms with van der Waals surface area (Å²) in [6.45, 7) is 0.486. The van der Waals surface area contributed by atoms with E-state index in [0.29, 0.717) is 24.3 Å². The predicted octanol–water partition coefficient (Wildman–Crippen LogP) is 2.20. The molecule has 2 aromatic heterocycles. The molecule has 0 aliphatic rings. The predicted molar refractivity (Wildman–Crippen MR) is 80.8 cm³/mol. The van der Waals surface area contributed by atoms with Crippen molar-refractivity contribution in [1.82, 2.24) is 15.3 Å². The monoisotopic (exact) mass is 297 g/mol. The molecule has 0 bridgehead atoms. The van der Waals surface area contributed by atoms with Crippen molar-refractivity contribution in [3.63, 3.8) is 0 Å². The van der Waals surface area contributed by atoms with Crippen LogP contribution < -0.4 is 10.1 Å². The van der Waals surface area contributed by atoms with Crippen molar-refractivity contribution in [2.45, 2.75) is 6.42 Å². The third-order valence-electron chi connectivity index (χ3n) is 3.26. The van der Waals surface area contributed by atoms with E-state index in [9.17, 15) is 4.79 Å². The molecule has 2 heterocycles. The van der Waals surface area contributed by atoms with Crippen LogP contribution in [0.3, 0.4) is 0 Å². The van der Waals surface area contributed by atoms with Crippen molar-refractivity contribution in [3.8, 4) is 5.75 Å². The Balaban J connectivity index is 1.67. The standard InChI is InChI=1S/C16H15N3O3/c1-21-13-4-2-3-12-7-14(22-15(12)13)16(20)19-6-5-11-8-17-10-18-9-11/h2-4,7-10H,5-6H2,1H3,(H,19,20). The summed E-state index contributed by atoms with van der Waals surface area (Å²) < 4.78 is 10.8. The number of amides is 1. The van der Waals surface area contributed by atoms with Gasteiger partial charge in [-0.2, -0.15) is 0 Å². The second-order valence-electron chi connectivity index (χ2n) is 4.74. The lowest BCUT2D eigenvalue weighted by molar-refractivity contribution is 0.0928. The van der Waals surface area contributed by atoms with Gasteiger partial charge in [0.25, 0.3) is 5.91 Å². The maximum Gasteiger partial charge on any atom is 0.287 e. The van der Waals surface area contributed by atoms with Crippen molar-refractivity contribution in [1.29, 1.82) is 0 Å². The number of nitrogens with zero attached hydrogens (tertiary/aromatic N) is 2. The Morgan fingerprint density at radius 3 is 2.91 bits per heavy atom. The number of furan rings is 1. The Kier molecular flexibility index (Phi) is 4.00. The molecular formula is C16H15N3O3. The zero-order valence-corrected chi connectivity index (χ0v) is 12.1. The van der Waals surface area contributed by atoms with Crippen LogP contribution in [0, 0.1) is 0 Å². The van der Waals surface area contributed by atoms with Crippen molar-refractivity contribution in [2.75, 3.05) is 13.7 Å². The van der Waals surface area contributed by atoms with Crippen molar-refractivity contribution in [3.05, 3.63) is 54.3 Å². The first kappa shape index (κ1) is 14.1. The van der Waals surface area contributed by atoms with E-state index in [0.717, 1.165) is 10.9 Å². The van der Waals surface area contributed by atoms with Gasteiger partial charge in [-0.3, -0.25) is 4.79 Å². The molecule has 0 radical (unpaired) electrons. The number of methoxy groups -OCH3 is 1. The van der Waals surface area contributed by atoms with E-state index < -0.39 is 0 Å². The molecule has 112 valence electrons. The molecule has 6 nitrogen and oxygen atoms in total. The van der Waals surface area contributed by atoms with Crippen LogP contribution >= 0.6 is 0 Å². The smallest absolute Gasteiger partial charge is 0.287 e. The van der Waals surface area contributed by atoms with Gasteiger partial charge < -0.3 is 14.5 Å². The van der Waals surface area contributed by atoms with Gasteiger partial charge in [0.2, 0.25) is 0 Å². The molecular weight excluding hydrogens is 282 g/mol. The molecule has 6 heteroatoms. The topological polar surface area (TPSA) is 77.2 Å². The highest BCUT2D eigenvalue weighted by atomic mass is 16.5. The van der Waals surface area contributed by atoms with Gasteiger partial charge >= 0.3 is 0 Å². The summed E-state index contributed by atoms with van der Waals surface area (Å²) in [5.74, 6) is 0.622. The minimum atomic E-state index is -0.255. The van der Waals surface area contributed by atoms with Gasteiger partial charge in [-0.15, -0.1) is 0 Å². The Bertz CT molecular complexity index is 784. The molecule has 1 aromatic carbocycles. The van der Waals surface area contributed by atoms with Gasteiger partial charge in [-0.05, 0) is 24.1 Å². The molecule has 0 saturated carbocycles. The Hall–Kier alpha value is -2.89. The second kappa shape index (κ2) is 6.26. The Labute approximate surface area is 127 Å². The highest BCUT2D eigenvalue weighted by Crippen LogP contribution is 2.28. The first-order chi connectivity index (χ1) is 10.8. The van der Waals surface area contributed by atoms with E-state index >= 15 is 0 Å². The first-order valence-corrected chi connectivity index (χ1v) is 6.86. The summed E-state index contributed by atoms with van der Waals surface area (Å²) in [5.41, 5.74) is 1.54. The van der Waals surface area contributed by atoms with E-state index in [4.69, 9.17) is 9.15 Å².